The Morgan fingerprint density at radius 3 is 2.67 bits per heavy atom. The highest BCUT2D eigenvalue weighted by Crippen LogP contribution is 2.13. The highest BCUT2D eigenvalue weighted by atomic mass is 32.1. The average Bonchev–Trinajstić information content (AvgIpc) is 2.71. The number of aryl methyl sites for hydroxylation is 1. The van der Waals surface area contributed by atoms with Crippen molar-refractivity contribution in [3.05, 3.63) is 16.1 Å². The second kappa shape index (κ2) is 6.29. The molecule has 1 heterocycles. The van der Waals surface area contributed by atoms with Crippen molar-refractivity contribution in [3.8, 4) is 0 Å². The summed E-state index contributed by atoms with van der Waals surface area (Å²) in [6.45, 7) is 10.6. The first-order chi connectivity index (χ1) is 8.31. The Morgan fingerprint density at radius 2 is 2.17 bits per heavy atom. The summed E-state index contributed by atoms with van der Waals surface area (Å²) >= 11 is 1.69. The number of nitrogens with one attached hydrogen (secondary N) is 2. The lowest BCUT2D eigenvalue weighted by Crippen LogP contribution is -2.49. The lowest BCUT2D eigenvalue weighted by atomic mass is 10.1. The maximum atomic E-state index is 11.9. The number of carbonyl (C=O) groups is 1. The first kappa shape index (κ1) is 15.1. The molecule has 2 N–H and O–H groups in total. The van der Waals surface area contributed by atoms with E-state index in [1.54, 1.807) is 11.3 Å². The van der Waals surface area contributed by atoms with Crippen LogP contribution in [-0.4, -0.2) is 22.5 Å². The van der Waals surface area contributed by atoms with E-state index in [2.05, 4.69) is 22.5 Å². The minimum Gasteiger partial charge on any atom is -0.350 e. The number of carbonyl (C=O) groups excluding carboxylic acids is 1. The van der Waals surface area contributed by atoms with E-state index in [1.807, 2.05) is 33.9 Å². The van der Waals surface area contributed by atoms with E-state index < -0.39 is 0 Å². The molecule has 1 unspecified atom stereocenters. The van der Waals surface area contributed by atoms with Crippen LogP contribution < -0.4 is 10.6 Å². The van der Waals surface area contributed by atoms with Crippen LogP contribution in [0, 0.1) is 0 Å². The van der Waals surface area contributed by atoms with Crippen LogP contribution in [-0.2, 0) is 17.8 Å². The maximum absolute atomic E-state index is 11.9. The van der Waals surface area contributed by atoms with Gasteiger partial charge in [0.2, 0.25) is 5.91 Å². The zero-order chi connectivity index (χ0) is 13.8. The van der Waals surface area contributed by atoms with Gasteiger partial charge < -0.3 is 10.6 Å². The molecule has 18 heavy (non-hydrogen) atoms. The van der Waals surface area contributed by atoms with Gasteiger partial charge in [0.1, 0.15) is 0 Å². The number of amides is 1. The Bertz CT molecular complexity index is 395. The van der Waals surface area contributed by atoms with E-state index in [-0.39, 0.29) is 17.5 Å². The van der Waals surface area contributed by atoms with Gasteiger partial charge in [0.05, 0.1) is 11.0 Å². The summed E-state index contributed by atoms with van der Waals surface area (Å²) in [4.78, 5) is 17.3. The Balaban J connectivity index is 2.41. The van der Waals surface area contributed by atoms with Gasteiger partial charge in [0.15, 0.2) is 0 Å². The fourth-order valence-corrected chi connectivity index (χ4v) is 2.23. The molecule has 0 bridgehead atoms. The van der Waals surface area contributed by atoms with E-state index in [9.17, 15) is 4.79 Å². The first-order valence-corrected chi connectivity index (χ1v) is 7.12. The van der Waals surface area contributed by atoms with E-state index in [4.69, 9.17) is 0 Å². The summed E-state index contributed by atoms with van der Waals surface area (Å²) in [6, 6.07) is -0.198. The van der Waals surface area contributed by atoms with E-state index in [0.29, 0.717) is 6.54 Å². The van der Waals surface area contributed by atoms with E-state index >= 15 is 0 Å². The molecule has 1 atom stereocenters. The molecule has 0 aliphatic carbocycles. The number of hydrogen-bond donors (Lipinski definition) is 2. The van der Waals surface area contributed by atoms with Crippen molar-refractivity contribution >= 4 is 17.2 Å². The van der Waals surface area contributed by atoms with Gasteiger partial charge in [-0.25, -0.2) is 4.98 Å². The van der Waals surface area contributed by atoms with Gasteiger partial charge in [-0.05, 0) is 34.1 Å². The fourth-order valence-electron chi connectivity index (χ4n) is 1.42. The molecule has 0 aromatic carbocycles. The predicted octanol–water partition coefficient (Wildman–Crippen LogP) is 2.10. The third-order valence-electron chi connectivity index (χ3n) is 2.38. The molecule has 4 nitrogen and oxygen atoms in total. The van der Waals surface area contributed by atoms with Gasteiger partial charge in [-0.3, -0.25) is 4.79 Å². The average molecular weight is 269 g/mol. The van der Waals surface area contributed by atoms with Gasteiger partial charge in [-0.15, -0.1) is 11.3 Å². The zero-order valence-corrected chi connectivity index (χ0v) is 12.6. The van der Waals surface area contributed by atoms with Gasteiger partial charge in [0.25, 0.3) is 0 Å². The summed E-state index contributed by atoms with van der Waals surface area (Å²) in [6.07, 6.45) is 2.84. The van der Waals surface area contributed by atoms with Crippen molar-refractivity contribution in [3.63, 3.8) is 0 Å². The molecular formula is C13H23N3OS. The third-order valence-corrected chi connectivity index (χ3v) is 3.52. The molecule has 0 radical (unpaired) electrons. The zero-order valence-electron chi connectivity index (χ0n) is 11.8. The Hall–Kier alpha value is -0.940. The molecule has 102 valence electrons. The third kappa shape index (κ3) is 5.14. The van der Waals surface area contributed by atoms with Crippen LogP contribution in [0.5, 0.6) is 0 Å². The smallest absolute Gasteiger partial charge is 0.237 e. The lowest BCUT2D eigenvalue weighted by Gasteiger charge is -2.23. The van der Waals surface area contributed by atoms with E-state index in [1.165, 1.54) is 4.88 Å². The molecule has 0 saturated heterocycles. The standard InChI is InChI=1S/C13H23N3OS/c1-6-11-15-8-10(18-11)7-14-9(2)12(17)16-13(3,4)5/h8-9,14H,6-7H2,1-5H3,(H,16,17). The van der Waals surface area contributed by atoms with Crippen molar-refractivity contribution in [2.24, 2.45) is 0 Å². The van der Waals surface area contributed by atoms with Gasteiger partial charge >= 0.3 is 0 Å². The topological polar surface area (TPSA) is 54.0 Å². The molecule has 0 saturated carbocycles. The SMILES string of the molecule is CCc1ncc(CNC(C)C(=O)NC(C)(C)C)s1. The van der Waals surface area contributed by atoms with Gasteiger partial charge in [-0.2, -0.15) is 0 Å². The number of hydrogen-bond acceptors (Lipinski definition) is 4. The summed E-state index contributed by atoms with van der Waals surface area (Å²) in [7, 11) is 0. The molecule has 1 amide bonds. The van der Waals surface area contributed by atoms with Gasteiger partial charge in [0, 0.05) is 23.2 Å². The quantitative estimate of drug-likeness (QED) is 0.860. The summed E-state index contributed by atoms with van der Waals surface area (Å²) in [5, 5.41) is 7.31. The Labute approximate surface area is 113 Å². The minimum absolute atomic E-state index is 0.0303. The monoisotopic (exact) mass is 269 g/mol. The molecule has 0 aliphatic heterocycles. The minimum atomic E-state index is -0.198. The van der Waals surface area contributed by atoms with Crippen LogP contribution >= 0.6 is 11.3 Å². The number of thiazole rings is 1. The van der Waals surface area contributed by atoms with Crippen LogP contribution in [0.25, 0.3) is 0 Å². The Kier molecular flexibility index (Phi) is 5.28. The van der Waals surface area contributed by atoms with E-state index in [0.717, 1.165) is 11.4 Å². The molecule has 1 aromatic rings. The lowest BCUT2D eigenvalue weighted by molar-refractivity contribution is -0.124. The maximum Gasteiger partial charge on any atom is 0.237 e. The van der Waals surface area contributed by atoms with Crippen molar-refractivity contribution in [1.29, 1.82) is 0 Å². The van der Waals surface area contributed by atoms with Crippen LogP contribution in [0.4, 0.5) is 0 Å². The molecule has 0 spiro atoms. The van der Waals surface area contributed by atoms with Crippen LogP contribution in [0.15, 0.2) is 6.20 Å². The van der Waals surface area contributed by atoms with Gasteiger partial charge in [-0.1, -0.05) is 6.92 Å². The summed E-state index contributed by atoms with van der Waals surface area (Å²) < 4.78 is 0. The fraction of sp³-hybridized carbons (Fsp3) is 0.692. The molecule has 0 aliphatic rings. The van der Waals surface area contributed by atoms with Crippen molar-refractivity contribution in [2.75, 3.05) is 0 Å². The highest BCUT2D eigenvalue weighted by Gasteiger charge is 2.18. The highest BCUT2D eigenvalue weighted by molar-refractivity contribution is 7.11. The number of rotatable bonds is 5. The molecular weight excluding hydrogens is 246 g/mol. The van der Waals surface area contributed by atoms with Crippen LogP contribution in [0.1, 0.15) is 44.5 Å². The second-order valence-corrected chi connectivity index (χ2v) is 6.62. The number of nitrogens with zero attached hydrogens (tertiary/aromatic N) is 1. The van der Waals surface area contributed by atoms with Crippen molar-refractivity contribution in [1.82, 2.24) is 15.6 Å². The second-order valence-electron chi connectivity index (χ2n) is 5.42. The molecule has 1 aromatic heterocycles. The largest absolute Gasteiger partial charge is 0.350 e. The molecule has 1 rings (SSSR count). The number of aromatic nitrogens is 1. The van der Waals surface area contributed by atoms with Crippen molar-refractivity contribution < 1.29 is 4.79 Å². The van der Waals surface area contributed by atoms with Crippen LogP contribution in [0.2, 0.25) is 0 Å². The van der Waals surface area contributed by atoms with Crippen molar-refractivity contribution in [2.45, 2.75) is 59.2 Å². The predicted molar refractivity (Wildman–Crippen MR) is 75.7 cm³/mol. The summed E-state index contributed by atoms with van der Waals surface area (Å²) in [5.41, 5.74) is -0.188. The normalized spacial score (nSPS) is 13.4. The summed E-state index contributed by atoms with van der Waals surface area (Å²) in [5.74, 6) is 0.0303. The Morgan fingerprint density at radius 1 is 1.50 bits per heavy atom. The van der Waals surface area contributed by atoms with Crippen LogP contribution in [0.3, 0.4) is 0 Å². The first-order valence-electron chi connectivity index (χ1n) is 6.31. The molecule has 0 fully saturated rings. The molecule has 5 heteroatoms.